The normalized spacial score (nSPS) is 24.5. The quantitative estimate of drug-likeness (QED) is 0.815. The second kappa shape index (κ2) is 5.26. The molecule has 1 rings (SSSR count). The molecule has 0 unspecified atom stereocenters. The van der Waals surface area contributed by atoms with Crippen molar-refractivity contribution in [3.05, 3.63) is 0 Å². The fourth-order valence-corrected chi connectivity index (χ4v) is 1.99. The summed E-state index contributed by atoms with van der Waals surface area (Å²) in [6, 6.07) is -0.560. The molecule has 5 heteroatoms. The minimum atomic E-state index is -0.648. The van der Waals surface area contributed by atoms with Crippen molar-refractivity contribution in [1.29, 1.82) is 0 Å². The number of likely N-dealkylation sites (tertiary alicyclic amines) is 1. The molecule has 5 nitrogen and oxygen atoms in total. The lowest BCUT2D eigenvalue weighted by Crippen LogP contribution is -2.44. The maximum Gasteiger partial charge on any atom is 0.410 e. The summed E-state index contributed by atoms with van der Waals surface area (Å²) in [4.78, 5) is 25.3. The highest BCUT2D eigenvalue weighted by Crippen LogP contribution is 2.23. The number of ether oxygens (including phenoxy) is 1. The molecular weight excluding hydrogens is 234 g/mol. The highest BCUT2D eigenvalue weighted by molar-refractivity contribution is 5.89. The number of rotatable bonds is 2. The molecule has 0 aliphatic carbocycles. The number of ketones is 1. The van der Waals surface area contributed by atoms with E-state index in [1.54, 1.807) is 34.6 Å². The number of nitrogens with zero attached hydrogens (tertiary/aromatic N) is 1. The van der Waals surface area contributed by atoms with Crippen LogP contribution in [0.25, 0.3) is 0 Å². The van der Waals surface area contributed by atoms with Crippen LogP contribution in [-0.4, -0.2) is 46.2 Å². The van der Waals surface area contributed by atoms with E-state index in [1.807, 2.05) is 0 Å². The van der Waals surface area contributed by atoms with E-state index in [9.17, 15) is 14.7 Å². The Morgan fingerprint density at radius 1 is 1.33 bits per heavy atom. The van der Waals surface area contributed by atoms with Crippen molar-refractivity contribution >= 4 is 11.9 Å². The summed E-state index contributed by atoms with van der Waals surface area (Å²) in [5, 5.41) is 9.65. The third kappa shape index (κ3) is 3.70. The van der Waals surface area contributed by atoms with Gasteiger partial charge in [-0.05, 0) is 20.8 Å². The van der Waals surface area contributed by atoms with Gasteiger partial charge in [-0.15, -0.1) is 0 Å². The van der Waals surface area contributed by atoms with Gasteiger partial charge in [0.15, 0.2) is 5.78 Å². The Morgan fingerprint density at radius 2 is 1.89 bits per heavy atom. The summed E-state index contributed by atoms with van der Waals surface area (Å²) in [5.74, 6) is -0.192. The molecule has 1 aliphatic rings. The van der Waals surface area contributed by atoms with Crippen LogP contribution in [0.4, 0.5) is 4.79 Å². The van der Waals surface area contributed by atoms with Crippen molar-refractivity contribution in [2.24, 2.45) is 5.92 Å². The van der Waals surface area contributed by atoms with E-state index in [1.165, 1.54) is 4.90 Å². The third-order valence-corrected chi connectivity index (χ3v) is 2.80. The van der Waals surface area contributed by atoms with Gasteiger partial charge in [-0.3, -0.25) is 9.69 Å². The highest BCUT2D eigenvalue weighted by Gasteiger charge is 2.41. The topological polar surface area (TPSA) is 66.8 Å². The van der Waals surface area contributed by atoms with Crippen LogP contribution in [0.2, 0.25) is 0 Å². The van der Waals surface area contributed by atoms with Crippen LogP contribution in [0.3, 0.4) is 0 Å². The molecule has 0 bridgehead atoms. The highest BCUT2D eigenvalue weighted by atomic mass is 16.6. The zero-order chi connectivity index (χ0) is 14.1. The van der Waals surface area contributed by atoms with Crippen LogP contribution < -0.4 is 0 Å². The standard InChI is InChI=1S/C13H23NO4/c1-8(2)11(16)10-6-9(15)7-14(10)12(17)18-13(3,4)5/h8-10,15H,6-7H2,1-5H3/t9-,10-/m0/s1. The Hall–Kier alpha value is -1.10. The number of carbonyl (C=O) groups is 2. The zero-order valence-electron chi connectivity index (χ0n) is 11.8. The Kier molecular flexibility index (Phi) is 4.37. The predicted octanol–water partition coefficient (Wildman–Crippen LogP) is 1.58. The molecular formula is C13H23NO4. The van der Waals surface area contributed by atoms with Gasteiger partial charge in [0.25, 0.3) is 0 Å². The van der Waals surface area contributed by atoms with Crippen LogP contribution in [0.1, 0.15) is 41.0 Å². The van der Waals surface area contributed by atoms with E-state index in [-0.39, 0.29) is 18.2 Å². The Balaban J connectivity index is 2.79. The first kappa shape index (κ1) is 15.0. The van der Waals surface area contributed by atoms with Crippen LogP contribution in [-0.2, 0) is 9.53 Å². The van der Waals surface area contributed by atoms with Gasteiger partial charge in [0, 0.05) is 12.3 Å². The number of hydrogen-bond acceptors (Lipinski definition) is 4. The maximum atomic E-state index is 12.0. The summed E-state index contributed by atoms with van der Waals surface area (Å²) in [5.41, 5.74) is -0.601. The fourth-order valence-electron chi connectivity index (χ4n) is 1.99. The first-order chi connectivity index (χ1) is 8.11. The smallest absolute Gasteiger partial charge is 0.410 e. The van der Waals surface area contributed by atoms with Gasteiger partial charge in [0.05, 0.1) is 18.7 Å². The van der Waals surface area contributed by atoms with Crippen LogP contribution >= 0.6 is 0 Å². The molecule has 18 heavy (non-hydrogen) atoms. The largest absolute Gasteiger partial charge is 0.444 e. The molecule has 1 N–H and O–H groups in total. The molecule has 0 spiro atoms. The lowest BCUT2D eigenvalue weighted by Gasteiger charge is -2.28. The molecule has 104 valence electrons. The van der Waals surface area contributed by atoms with E-state index >= 15 is 0 Å². The van der Waals surface area contributed by atoms with Gasteiger partial charge < -0.3 is 9.84 Å². The second-order valence-corrected chi connectivity index (χ2v) is 6.10. The molecule has 0 radical (unpaired) electrons. The Labute approximate surface area is 108 Å². The molecule has 0 aromatic heterocycles. The van der Waals surface area contributed by atoms with Crippen LogP contribution in [0, 0.1) is 5.92 Å². The molecule has 1 heterocycles. The first-order valence-corrected chi connectivity index (χ1v) is 6.33. The van der Waals surface area contributed by atoms with Gasteiger partial charge in [0.2, 0.25) is 0 Å². The van der Waals surface area contributed by atoms with Gasteiger partial charge in [0.1, 0.15) is 5.60 Å². The monoisotopic (exact) mass is 257 g/mol. The molecule has 2 atom stereocenters. The van der Waals surface area contributed by atoms with Crippen molar-refractivity contribution < 1.29 is 19.4 Å². The van der Waals surface area contributed by atoms with E-state index in [0.29, 0.717) is 6.42 Å². The van der Waals surface area contributed by atoms with Crippen molar-refractivity contribution in [2.45, 2.75) is 58.8 Å². The number of aliphatic hydroxyl groups is 1. The Bertz CT molecular complexity index is 332. The fraction of sp³-hybridized carbons (Fsp3) is 0.846. The summed E-state index contributed by atoms with van der Waals surface area (Å²) in [6.45, 7) is 9.07. The van der Waals surface area contributed by atoms with Crippen LogP contribution in [0.5, 0.6) is 0 Å². The molecule has 1 saturated heterocycles. The molecule has 1 fully saturated rings. The summed E-state index contributed by atoms with van der Waals surface area (Å²) < 4.78 is 5.25. The summed E-state index contributed by atoms with van der Waals surface area (Å²) in [6.07, 6.45) is -0.876. The van der Waals surface area contributed by atoms with Gasteiger partial charge >= 0.3 is 6.09 Å². The number of carbonyl (C=O) groups excluding carboxylic acids is 2. The number of hydrogen-bond donors (Lipinski definition) is 1. The minimum Gasteiger partial charge on any atom is -0.444 e. The minimum absolute atomic E-state index is 0.0302. The SMILES string of the molecule is CC(C)C(=O)[C@@H]1C[C@H](O)CN1C(=O)OC(C)(C)C. The van der Waals surface area contributed by atoms with E-state index in [0.717, 1.165) is 0 Å². The average molecular weight is 257 g/mol. The van der Waals surface area contributed by atoms with Gasteiger partial charge in [-0.1, -0.05) is 13.8 Å². The maximum absolute atomic E-state index is 12.0. The number of amides is 1. The molecule has 0 aromatic carbocycles. The van der Waals surface area contributed by atoms with Gasteiger partial charge in [-0.25, -0.2) is 4.79 Å². The lowest BCUT2D eigenvalue weighted by atomic mass is 9.99. The van der Waals surface area contributed by atoms with Crippen molar-refractivity contribution in [3.63, 3.8) is 0 Å². The van der Waals surface area contributed by atoms with E-state index in [2.05, 4.69) is 0 Å². The van der Waals surface area contributed by atoms with Crippen molar-refractivity contribution in [2.75, 3.05) is 6.54 Å². The zero-order valence-corrected chi connectivity index (χ0v) is 11.8. The van der Waals surface area contributed by atoms with E-state index < -0.39 is 23.8 Å². The van der Waals surface area contributed by atoms with Gasteiger partial charge in [-0.2, -0.15) is 0 Å². The lowest BCUT2D eigenvalue weighted by molar-refractivity contribution is -0.126. The summed E-state index contributed by atoms with van der Waals surface area (Å²) >= 11 is 0. The number of aliphatic hydroxyl groups excluding tert-OH is 1. The van der Waals surface area contributed by atoms with Crippen molar-refractivity contribution in [3.8, 4) is 0 Å². The van der Waals surface area contributed by atoms with Crippen LogP contribution in [0.15, 0.2) is 0 Å². The second-order valence-electron chi connectivity index (χ2n) is 6.10. The van der Waals surface area contributed by atoms with Crippen molar-refractivity contribution in [1.82, 2.24) is 4.90 Å². The summed E-state index contributed by atoms with van der Waals surface area (Å²) in [7, 11) is 0. The average Bonchev–Trinajstić information content (AvgIpc) is 2.56. The number of Topliss-reactive ketones (excluding diaryl/α,β-unsaturated/α-hetero) is 1. The Morgan fingerprint density at radius 3 is 2.33 bits per heavy atom. The first-order valence-electron chi connectivity index (χ1n) is 6.33. The molecule has 1 amide bonds. The number of β-amino-alcohol motifs (C(OH)–C–C–N with tert-alkyl or cyclic N) is 1. The van der Waals surface area contributed by atoms with E-state index in [4.69, 9.17) is 4.74 Å². The molecule has 1 aliphatic heterocycles. The molecule has 0 aromatic rings. The predicted molar refractivity (Wildman–Crippen MR) is 67.2 cm³/mol. The molecule has 0 saturated carbocycles. The third-order valence-electron chi connectivity index (χ3n) is 2.80.